The summed E-state index contributed by atoms with van der Waals surface area (Å²) in [6.07, 6.45) is 0. The maximum Gasteiger partial charge on any atom is 0.265 e. The second kappa shape index (κ2) is 7.54. The lowest BCUT2D eigenvalue weighted by Gasteiger charge is -2.29. The first-order valence-electron chi connectivity index (χ1n) is 7.65. The van der Waals surface area contributed by atoms with E-state index in [9.17, 15) is 19.2 Å². The smallest absolute Gasteiger partial charge is 0.265 e. The van der Waals surface area contributed by atoms with Gasteiger partial charge in [-0.05, 0) is 24.3 Å². The summed E-state index contributed by atoms with van der Waals surface area (Å²) in [5.41, 5.74) is 0.528. The van der Waals surface area contributed by atoms with Gasteiger partial charge in [0.2, 0.25) is 5.91 Å². The average molecular weight is 418 g/mol. The third kappa shape index (κ3) is 3.68. The molecule has 0 spiro atoms. The Labute approximate surface area is 157 Å². The molecule has 2 aromatic rings. The van der Waals surface area contributed by atoms with Gasteiger partial charge in [0.1, 0.15) is 24.2 Å². The number of nitrogens with zero attached hydrogens (tertiary/aromatic N) is 2. The SMILES string of the molecule is N#CC(NC(=O)CN1C(=O)COc2cc(Br)ccc21)c1ccccc1F. The molecule has 0 bridgehead atoms. The summed E-state index contributed by atoms with van der Waals surface area (Å²) >= 11 is 3.32. The van der Waals surface area contributed by atoms with Crippen molar-refractivity contribution in [3.63, 3.8) is 0 Å². The zero-order valence-electron chi connectivity index (χ0n) is 13.4. The van der Waals surface area contributed by atoms with Crippen LogP contribution in [0.3, 0.4) is 0 Å². The molecule has 0 aliphatic carbocycles. The van der Waals surface area contributed by atoms with Crippen molar-refractivity contribution in [1.29, 1.82) is 5.26 Å². The van der Waals surface area contributed by atoms with E-state index in [2.05, 4.69) is 21.2 Å². The normalized spacial score (nSPS) is 14.0. The maximum absolute atomic E-state index is 13.8. The quantitative estimate of drug-likeness (QED) is 0.828. The molecule has 1 N–H and O–H groups in total. The molecule has 8 heteroatoms. The zero-order valence-corrected chi connectivity index (χ0v) is 15.0. The Kier molecular flexibility index (Phi) is 5.19. The van der Waals surface area contributed by atoms with Gasteiger partial charge >= 0.3 is 0 Å². The van der Waals surface area contributed by atoms with Gasteiger partial charge in [0.15, 0.2) is 6.61 Å². The summed E-state index contributed by atoms with van der Waals surface area (Å²) in [6.45, 7) is -0.491. The van der Waals surface area contributed by atoms with E-state index in [0.717, 1.165) is 4.47 Å². The third-order valence-electron chi connectivity index (χ3n) is 3.82. The van der Waals surface area contributed by atoms with Crippen LogP contribution in [0.4, 0.5) is 10.1 Å². The van der Waals surface area contributed by atoms with E-state index in [0.29, 0.717) is 11.4 Å². The van der Waals surface area contributed by atoms with Gasteiger partial charge < -0.3 is 10.1 Å². The van der Waals surface area contributed by atoms with Crippen LogP contribution < -0.4 is 15.0 Å². The Balaban J connectivity index is 1.77. The molecule has 3 rings (SSSR count). The number of rotatable bonds is 4. The van der Waals surface area contributed by atoms with Crippen LogP contribution in [-0.2, 0) is 9.59 Å². The molecule has 1 atom stereocenters. The molecule has 0 aromatic heterocycles. The minimum absolute atomic E-state index is 0.0704. The minimum Gasteiger partial charge on any atom is -0.482 e. The number of carbonyl (C=O) groups excluding carboxylic acids is 2. The molecule has 0 radical (unpaired) electrons. The molecule has 2 aromatic carbocycles. The van der Waals surface area contributed by atoms with Crippen molar-refractivity contribution >= 4 is 33.4 Å². The average Bonchev–Trinajstić information content (AvgIpc) is 2.63. The second-order valence-electron chi connectivity index (χ2n) is 5.53. The summed E-state index contributed by atoms with van der Waals surface area (Å²) in [5.74, 6) is -1.08. The summed E-state index contributed by atoms with van der Waals surface area (Å²) in [6, 6.07) is 11.5. The van der Waals surface area contributed by atoms with E-state index in [-0.39, 0.29) is 24.6 Å². The lowest BCUT2D eigenvalue weighted by atomic mass is 10.1. The molecule has 1 aliphatic rings. The molecule has 26 heavy (non-hydrogen) atoms. The number of anilines is 1. The van der Waals surface area contributed by atoms with E-state index in [1.807, 2.05) is 6.07 Å². The van der Waals surface area contributed by atoms with E-state index < -0.39 is 17.8 Å². The van der Waals surface area contributed by atoms with Crippen LogP contribution in [0.15, 0.2) is 46.9 Å². The predicted molar refractivity (Wildman–Crippen MR) is 94.9 cm³/mol. The highest BCUT2D eigenvalue weighted by Crippen LogP contribution is 2.34. The number of halogens is 2. The molecule has 1 unspecified atom stereocenters. The third-order valence-corrected chi connectivity index (χ3v) is 4.31. The molecular formula is C18H13BrFN3O3. The number of nitriles is 1. The van der Waals surface area contributed by atoms with Crippen molar-refractivity contribution in [2.75, 3.05) is 18.1 Å². The van der Waals surface area contributed by atoms with Gasteiger partial charge in [-0.2, -0.15) is 5.26 Å². The first-order chi connectivity index (χ1) is 12.5. The van der Waals surface area contributed by atoms with Crippen LogP contribution >= 0.6 is 15.9 Å². The lowest BCUT2D eigenvalue weighted by molar-refractivity contribution is -0.125. The largest absolute Gasteiger partial charge is 0.482 e. The van der Waals surface area contributed by atoms with Crippen molar-refractivity contribution in [3.8, 4) is 11.8 Å². The van der Waals surface area contributed by atoms with Crippen LogP contribution in [0, 0.1) is 17.1 Å². The Bertz CT molecular complexity index is 913. The van der Waals surface area contributed by atoms with E-state index in [4.69, 9.17) is 4.74 Å². The van der Waals surface area contributed by atoms with E-state index in [1.165, 1.54) is 23.1 Å². The monoisotopic (exact) mass is 417 g/mol. The van der Waals surface area contributed by atoms with Crippen molar-refractivity contribution < 1.29 is 18.7 Å². The molecule has 2 amide bonds. The highest BCUT2D eigenvalue weighted by atomic mass is 79.9. The van der Waals surface area contributed by atoms with Crippen LogP contribution in [0.25, 0.3) is 0 Å². The van der Waals surface area contributed by atoms with Crippen molar-refractivity contribution in [2.45, 2.75) is 6.04 Å². The Morgan fingerprint density at radius 1 is 1.38 bits per heavy atom. The molecule has 0 fully saturated rings. The summed E-state index contributed by atoms with van der Waals surface area (Å²) < 4.78 is 20.0. The Morgan fingerprint density at radius 3 is 2.88 bits per heavy atom. The highest BCUT2D eigenvalue weighted by Gasteiger charge is 2.28. The molecule has 6 nitrogen and oxygen atoms in total. The number of fused-ring (bicyclic) bond motifs is 1. The van der Waals surface area contributed by atoms with Crippen LogP contribution in [-0.4, -0.2) is 25.0 Å². The number of ether oxygens (including phenoxy) is 1. The predicted octanol–water partition coefficient (Wildman–Crippen LogP) is 2.69. The molecule has 1 heterocycles. The number of nitrogens with one attached hydrogen (secondary N) is 1. The van der Waals surface area contributed by atoms with Crippen LogP contribution in [0.2, 0.25) is 0 Å². The van der Waals surface area contributed by atoms with Gasteiger partial charge in [-0.3, -0.25) is 14.5 Å². The number of amides is 2. The van der Waals surface area contributed by atoms with Crippen LogP contribution in [0.1, 0.15) is 11.6 Å². The Morgan fingerprint density at radius 2 is 2.15 bits per heavy atom. The van der Waals surface area contributed by atoms with Gasteiger partial charge in [0.25, 0.3) is 5.91 Å². The second-order valence-corrected chi connectivity index (χ2v) is 6.45. The topological polar surface area (TPSA) is 82.4 Å². The van der Waals surface area contributed by atoms with Gasteiger partial charge in [-0.15, -0.1) is 0 Å². The lowest BCUT2D eigenvalue weighted by Crippen LogP contribution is -2.45. The number of hydrogen-bond donors (Lipinski definition) is 1. The fourth-order valence-corrected chi connectivity index (χ4v) is 2.93. The summed E-state index contributed by atoms with van der Waals surface area (Å²) in [7, 11) is 0. The first-order valence-corrected chi connectivity index (χ1v) is 8.45. The van der Waals surface area contributed by atoms with Gasteiger partial charge in [-0.1, -0.05) is 34.1 Å². The molecule has 132 valence electrons. The number of carbonyl (C=O) groups is 2. The molecule has 0 saturated carbocycles. The fourth-order valence-electron chi connectivity index (χ4n) is 2.59. The highest BCUT2D eigenvalue weighted by molar-refractivity contribution is 9.10. The zero-order chi connectivity index (χ0) is 18.7. The van der Waals surface area contributed by atoms with Gasteiger partial charge in [-0.25, -0.2) is 4.39 Å². The standard InChI is InChI=1S/C18H13BrFN3O3/c19-11-5-6-15-16(7-11)26-10-18(25)23(15)9-17(24)22-14(8-21)12-3-1-2-4-13(12)20/h1-7,14H,9-10H2,(H,22,24). The van der Waals surface area contributed by atoms with Crippen LogP contribution in [0.5, 0.6) is 5.75 Å². The first kappa shape index (κ1) is 17.9. The maximum atomic E-state index is 13.8. The number of hydrogen-bond acceptors (Lipinski definition) is 4. The van der Waals surface area contributed by atoms with E-state index >= 15 is 0 Å². The van der Waals surface area contributed by atoms with Crippen molar-refractivity contribution in [2.24, 2.45) is 0 Å². The minimum atomic E-state index is -1.15. The van der Waals surface area contributed by atoms with Crippen molar-refractivity contribution in [1.82, 2.24) is 5.32 Å². The summed E-state index contributed by atoms with van der Waals surface area (Å²) in [5, 5.41) is 11.7. The molecular weight excluding hydrogens is 405 g/mol. The number of benzene rings is 2. The van der Waals surface area contributed by atoms with Gasteiger partial charge in [0, 0.05) is 10.0 Å². The molecule has 0 saturated heterocycles. The van der Waals surface area contributed by atoms with Crippen molar-refractivity contribution in [3.05, 3.63) is 58.3 Å². The Hall–Kier alpha value is -2.92. The van der Waals surface area contributed by atoms with E-state index in [1.54, 1.807) is 24.3 Å². The van der Waals surface area contributed by atoms with Gasteiger partial charge in [0.05, 0.1) is 11.8 Å². The fraction of sp³-hybridized carbons (Fsp3) is 0.167. The summed E-state index contributed by atoms with van der Waals surface area (Å²) in [4.78, 5) is 25.8. The molecule has 1 aliphatic heterocycles.